The molecule has 8 heteroatoms. The van der Waals surface area contributed by atoms with Crippen molar-refractivity contribution < 1.29 is 14.7 Å². The molecule has 0 saturated heterocycles. The summed E-state index contributed by atoms with van der Waals surface area (Å²) in [6.45, 7) is 5.82. The highest BCUT2D eigenvalue weighted by Gasteiger charge is 2.21. The molecule has 0 radical (unpaired) electrons. The van der Waals surface area contributed by atoms with Gasteiger partial charge in [0.1, 0.15) is 5.82 Å². The molecule has 0 fully saturated rings. The number of nitrogens with one attached hydrogen (secondary N) is 2. The summed E-state index contributed by atoms with van der Waals surface area (Å²) in [5.41, 5.74) is -0.00350. The number of rotatable bonds is 3. The maximum Gasteiger partial charge on any atom is 0.337 e. The number of aromatic carboxylic acids is 1. The number of hydrogen-bond acceptors (Lipinski definition) is 5. The number of hydrogen-bond donors (Lipinski definition) is 3. The van der Waals surface area contributed by atoms with Gasteiger partial charge in [-0.15, -0.1) is 5.10 Å². The molecule has 2 aromatic heterocycles. The predicted molar refractivity (Wildman–Crippen MR) is 74.2 cm³/mol. The van der Waals surface area contributed by atoms with E-state index in [-0.39, 0.29) is 22.5 Å². The third-order valence-corrected chi connectivity index (χ3v) is 2.64. The zero-order valence-electron chi connectivity index (χ0n) is 11.8. The zero-order chi connectivity index (χ0) is 15.6. The lowest BCUT2D eigenvalue weighted by Gasteiger charge is -2.12. The lowest BCUT2D eigenvalue weighted by Crippen LogP contribution is -2.16. The van der Waals surface area contributed by atoms with E-state index in [0.29, 0.717) is 5.82 Å². The van der Waals surface area contributed by atoms with Crippen LogP contribution < -0.4 is 5.32 Å². The van der Waals surface area contributed by atoms with Crippen LogP contribution in [-0.2, 0) is 5.41 Å². The molecule has 8 nitrogen and oxygen atoms in total. The van der Waals surface area contributed by atoms with Gasteiger partial charge in [0.15, 0.2) is 0 Å². The molecule has 0 aliphatic heterocycles. The van der Waals surface area contributed by atoms with Crippen molar-refractivity contribution in [2.24, 2.45) is 0 Å². The third kappa shape index (κ3) is 3.41. The van der Waals surface area contributed by atoms with Crippen molar-refractivity contribution in [3.05, 3.63) is 35.7 Å². The minimum atomic E-state index is -1.12. The van der Waals surface area contributed by atoms with Crippen LogP contribution in [0.25, 0.3) is 0 Å². The largest absolute Gasteiger partial charge is 0.478 e. The number of carbonyl (C=O) groups is 2. The Labute approximate surface area is 120 Å². The number of carboxylic acid groups (broad SMARTS) is 1. The van der Waals surface area contributed by atoms with E-state index in [2.05, 4.69) is 25.5 Å². The normalized spacial score (nSPS) is 11.2. The van der Waals surface area contributed by atoms with Gasteiger partial charge in [-0.25, -0.2) is 9.78 Å². The Bertz CT molecular complexity index is 687. The van der Waals surface area contributed by atoms with Crippen LogP contribution in [0.3, 0.4) is 0 Å². The SMILES string of the molecule is CC(C)(C)c1nc(C(=O)Nc2cncc(C(=O)O)c2)n[nH]1. The Morgan fingerprint density at radius 1 is 1.29 bits per heavy atom. The molecule has 2 heterocycles. The topological polar surface area (TPSA) is 121 Å². The Balaban J connectivity index is 2.16. The van der Waals surface area contributed by atoms with Crippen LogP contribution in [0.2, 0.25) is 0 Å². The molecule has 0 saturated carbocycles. The molecule has 0 aliphatic rings. The summed E-state index contributed by atoms with van der Waals surface area (Å²) in [7, 11) is 0. The first-order chi connectivity index (χ1) is 9.77. The fourth-order valence-electron chi connectivity index (χ4n) is 1.51. The average molecular weight is 289 g/mol. The number of carboxylic acids is 1. The van der Waals surface area contributed by atoms with Gasteiger partial charge in [-0.2, -0.15) is 0 Å². The summed E-state index contributed by atoms with van der Waals surface area (Å²) in [4.78, 5) is 30.7. The van der Waals surface area contributed by atoms with Gasteiger partial charge >= 0.3 is 5.97 Å². The summed E-state index contributed by atoms with van der Waals surface area (Å²) in [6, 6.07) is 1.31. The minimum Gasteiger partial charge on any atom is -0.478 e. The van der Waals surface area contributed by atoms with E-state index >= 15 is 0 Å². The Kier molecular flexibility index (Phi) is 3.70. The molecule has 110 valence electrons. The van der Waals surface area contributed by atoms with Crippen LogP contribution in [0.15, 0.2) is 18.5 Å². The van der Waals surface area contributed by atoms with Crippen LogP contribution in [0, 0.1) is 0 Å². The van der Waals surface area contributed by atoms with Gasteiger partial charge in [0.25, 0.3) is 5.91 Å². The smallest absolute Gasteiger partial charge is 0.337 e. The van der Waals surface area contributed by atoms with E-state index in [9.17, 15) is 9.59 Å². The number of pyridine rings is 1. The molecule has 2 aromatic rings. The Hall–Kier alpha value is -2.77. The number of anilines is 1. The minimum absolute atomic E-state index is 0.0133. The van der Waals surface area contributed by atoms with E-state index in [1.165, 1.54) is 18.5 Å². The molecule has 0 atom stereocenters. The van der Waals surface area contributed by atoms with Crippen LogP contribution >= 0.6 is 0 Å². The van der Waals surface area contributed by atoms with Crippen molar-refractivity contribution in [3.8, 4) is 0 Å². The molecule has 0 spiro atoms. The quantitative estimate of drug-likeness (QED) is 0.786. The standard InChI is InChI=1S/C13H15N5O3/c1-13(2,3)12-16-9(17-18-12)10(19)15-8-4-7(11(20)21)5-14-6-8/h4-6H,1-3H3,(H,15,19)(H,20,21)(H,16,17,18). The second-order valence-electron chi connectivity index (χ2n) is 5.48. The van der Waals surface area contributed by atoms with Crippen molar-refractivity contribution in [2.45, 2.75) is 26.2 Å². The van der Waals surface area contributed by atoms with Crippen molar-refractivity contribution in [2.75, 3.05) is 5.32 Å². The van der Waals surface area contributed by atoms with Crippen molar-refractivity contribution in [3.63, 3.8) is 0 Å². The first-order valence-electron chi connectivity index (χ1n) is 6.20. The third-order valence-electron chi connectivity index (χ3n) is 2.64. The number of H-pyrrole nitrogens is 1. The van der Waals surface area contributed by atoms with E-state index in [1.807, 2.05) is 20.8 Å². The molecular formula is C13H15N5O3. The molecular weight excluding hydrogens is 274 g/mol. The van der Waals surface area contributed by atoms with E-state index in [0.717, 1.165) is 0 Å². The van der Waals surface area contributed by atoms with Gasteiger partial charge in [-0.05, 0) is 6.07 Å². The molecule has 0 aliphatic carbocycles. The van der Waals surface area contributed by atoms with Gasteiger partial charge in [0.2, 0.25) is 5.82 Å². The summed E-state index contributed by atoms with van der Waals surface area (Å²) in [6.07, 6.45) is 2.55. The summed E-state index contributed by atoms with van der Waals surface area (Å²) >= 11 is 0. The fourth-order valence-corrected chi connectivity index (χ4v) is 1.51. The summed E-state index contributed by atoms with van der Waals surface area (Å²) < 4.78 is 0. The average Bonchev–Trinajstić information content (AvgIpc) is 2.88. The highest BCUT2D eigenvalue weighted by atomic mass is 16.4. The fraction of sp³-hybridized carbons (Fsp3) is 0.308. The lowest BCUT2D eigenvalue weighted by molar-refractivity contribution is 0.0696. The Morgan fingerprint density at radius 2 is 2.00 bits per heavy atom. The second-order valence-corrected chi connectivity index (χ2v) is 5.48. The second kappa shape index (κ2) is 5.31. The molecule has 21 heavy (non-hydrogen) atoms. The van der Waals surface area contributed by atoms with Crippen LogP contribution in [-0.4, -0.2) is 37.1 Å². The number of amides is 1. The van der Waals surface area contributed by atoms with Crippen LogP contribution in [0.4, 0.5) is 5.69 Å². The molecule has 2 rings (SSSR count). The maximum absolute atomic E-state index is 12.0. The van der Waals surface area contributed by atoms with Crippen molar-refractivity contribution in [1.82, 2.24) is 20.2 Å². The van der Waals surface area contributed by atoms with Gasteiger partial charge in [0.05, 0.1) is 17.4 Å². The van der Waals surface area contributed by atoms with Gasteiger partial charge < -0.3 is 10.4 Å². The first kappa shape index (κ1) is 14.6. The molecule has 0 unspecified atom stereocenters. The van der Waals surface area contributed by atoms with Crippen molar-refractivity contribution >= 4 is 17.6 Å². The monoisotopic (exact) mass is 289 g/mol. The summed E-state index contributed by atoms with van der Waals surface area (Å²) in [5, 5.41) is 17.9. The first-order valence-corrected chi connectivity index (χ1v) is 6.20. The number of carbonyl (C=O) groups excluding carboxylic acids is 1. The van der Waals surface area contributed by atoms with E-state index < -0.39 is 11.9 Å². The van der Waals surface area contributed by atoms with Gasteiger partial charge in [-0.3, -0.25) is 14.9 Å². The molecule has 1 amide bonds. The highest BCUT2D eigenvalue weighted by molar-refractivity contribution is 6.02. The lowest BCUT2D eigenvalue weighted by atomic mass is 9.96. The van der Waals surface area contributed by atoms with Crippen molar-refractivity contribution in [1.29, 1.82) is 0 Å². The van der Waals surface area contributed by atoms with Crippen LogP contribution in [0.5, 0.6) is 0 Å². The highest BCUT2D eigenvalue weighted by Crippen LogP contribution is 2.17. The van der Waals surface area contributed by atoms with E-state index in [4.69, 9.17) is 5.11 Å². The molecule has 0 bridgehead atoms. The molecule has 3 N–H and O–H groups in total. The molecule has 0 aromatic carbocycles. The Morgan fingerprint density at radius 3 is 2.57 bits per heavy atom. The maximum atomic E-state index is 12.0. The predicted octanol–water partition coefficient (Wildman–Crippen LogP) is 1.45. The van der Waals surface area contributed by atoms with Gasteiger partial charge in [0, 0.05) is 11.6 Å². The number of aromatic amines is 1. The van der Waals surface area contributed by atoms with Crippen LogP contribution in [0.1, 0.15) is 47.6 Å². The van der Waals surface area contributed by atoms with E-state index in [1.54, 1.807) is 0 Å². The summed E-state index contributed by atoms with van der Waals surface area (Å²) in [5.74, 6) is -1.08. The number of aromatic nitrogens is 4. The number of nitrogens with zero attached hydrogens (tertiary/aromatic N) is 3. The zero-order valence-corrected chi connectivity index (χ0v) is 11.8. The van der Waals surface area contributed by atoms with Gasteiger partial charge in [-0.1, -0.05) is 20.8 Å².